The third-order valence-corrected chi connectivity index (χ3v) is 4.78. The van der Waals surface area contributed by atoms with Crippen molar-refractivity contribution in [1.82, 2.24) is 10.0 Å². The molecule has 0 spiro atoms. The van der Waals surface area contributed by atoms with Crippen molar-refractivity contribution in [2.24, 2.45) is 0 Å². The Bertz CT molecular complexity index is 708. The molecule has 1 aromatic carbocycles. The summed E-state index contributed by atoms with van der Waals surface area (Å²) in [4.78, 5) is 23.1. The van der Waals surface area contributed by atoms with Crippen LogP contribution >= 0.6 is 0 Å². The molecular weight excluding hydrogens is 308 g/mol. The number of amides is 1. The van der Waals surface area contributed by atoms with Crippen LogP contribution in [-0.4, -0.2) is 37.0 Å². The maximum atomic E-state index is 12.1. The van der Waals surface area contributed by atoms with Crippen molar-refractivity contribution >= 4 is 21.9 Å². The van der Waals surface area contributed by atoms with Crippen molar-refractivity contribution in [2.75, 3.05) is 0 Å². The van der Waals surface area contributed by atoms with E-state index in [-0.39, 0.29) is 16.5 Å². The Labute approximate surface area is 128 Å². The number of sulfonamides is 1. The lowest BCUT2D eigenvalue weighted by Gasteiger charge is -2.21. The van der Waals surface area contributed by atoms with Gasteiger partial charge in [-0.25, -0.2) is 17.9 Å². The summed E-state index contributed by atoms with van der Waals surface area (Å²) < 4.78 is 26.8. The summed E-state index contributed by atoms with van der Waals surface area (Å²) >= 11 is 0. The average molecular weight is 326 g/mol. The van der Waals surface area contributed by atoms with Crippen LogP contribution in [0.3, 0.4) is 0 Å². The number of hydrogen-bond donors (Lipinski definition) is 3. The van der Waals surface area contributed by atoms with E-state index in [0.717, 1.165) is 12.8 Å². The largest absolute Gasteiger partial charge is 0.480 e. The minimum absolute atomic E-state index is 0.0137. The summed E-state index contributed by atoms with van der Waals surface area (Å²) in [6.45, 7) is 2.70. The summed E-state index contributed by atoms with van der Waals surface area (Å²) in [7, 11) is -3.66. The molecule has 0 saturated heterocycles. The standard InChI is InChI=1S/C14H18N2O5S/c1-14(2,13(18)19)15-12(17)9-4-3-5-11(8-9)22(20,21)16-10-6-7-10/h3-5,8,10,16H,6-7H2,1-2H3,(H,15,17)(H,18,19). The highest BCUT2D eigenvalue weighted by Gasteiger charge is 2.30. The topological polar surface area (TPSA) is 113 Å². The molecular formula is C14H18N2O5S. The second-order valence-electron chi connectivity index (χ2n) is 5.81. The molecule has 22 heavy (non-hydrogen) atoms. The Morgan fingerprint density at radius 2 is 1.91 bits per heavy atom. The SMILES string of the molecule is CC(C)(NC(=O)c1cccc(S(=O)(=O)NC2CC2)c1)C(=O)O. The molecule has 120 valence electrons. The molecule has 1 saturated carbocycles. The number of carboxylic acid groups (broad SMARTS) is 1. The molecule has 0 heterocycles. The molecule has 0 radical (unpaired) electrons. The van der Waals surface area contributed by atoms with Crippen LogP contribution < -0.4 is 10.0 Å². The number of nitrogens with one attached hydrogen (secondary N) is 2. The smallest absolute Gasteiger partial charge is 0.328 e. The number of carbonyl (C=O) groups is 2. The highest BCUT2D eigenvalue weighted by atomic mass is 32.2. The van der Waals surface area contributed by atoms with E-state index in [2.05, 4.69) is 10.0 Å². The summed E-state index contributed by atoms with van der Waals surface area (Å²) in [6, 6.07) is 5.48. The molecule has 3 N–H and O–H groups in total. The first-order chi connectivity index (χ1) is 10.1. The average Bonchev–Trinajstić information content (AvgIpc) is 3.21. The number of aliphatic carboxylic acids is 1. The van der Waals surface area contributed by atoms with Gasteiger partial charge in [0.1, 0.15) is 5.54 Å². The quantitative estimate of drug-likeness (QED) is 0.713. The molecule has 0 aromatic heterocycles. The lowest BCUT2D eigenvalue weighted by atomic mass is 10.1. The number of hydrogen-bond acceptors (Lipinski definition) is 4. The van der Waals surface area contributed by atoms with Gasteiger partial charge in [0.25, 0.3) is 5.91 Å². The lowest BCUT2D eigenvalue weighted by molar-refractivity contribution is -0.143. The van der Waals surface area contributed by atoms with E-state index in [1.165, 1.54) is 38.1 Å². The molecule has 1 amide bonds. The third-order valence-electron chi connectivity index (χ3n) is 3.27. The maximum absolute atomic E-state index is 12.1. The van der Waals surface area contributed by atoms with Gasteiger partial charge in [0.15, 0.2) is 0 Å². The second kappa shape index (κ2) is 5.69. The van der Waals surface area contributed by atoms with E-state index in [4.69, 9.17) is 5.11 Å². The first kappa shape index (κ1) is 16.4. The fraction of sp³-hybridized carbons (Fsp3) is 0.429. The molecule has 1 aliphatic rings. The van der Waals surface area contributed by atoms with E-state index in [1.54, 1.807) is 0 Å². The van der Waals surface area contributed by atoms with Gasteiger partial charge in [-0.1, -0.05) is 6.07 Å². The molecule has 0 atom stereocenters. The molecule has 0 bridgehead atoms. The van der Waals surface area contributed by atoms with E-state index in [0.29, 0.717) is 0 Å². The van der Waals surface area contributed by atoms with Crippen LogP contribution in [0, 0.1) is 0 Å². The number of carbonyl (C=O) groups excluding carboxylic acids is 1. The Morgan fingerprint density at radius 1 is 1.27 bits per heavy atom. The zero-order valence-electron chi connectivity index (χ0n) is 12.3. The molecule has 1 aromatic rings. The second-order valence-corrected chi connectivity index (χ2v) is 7.52. The fourth-order valence-electron chi connectivity index (χ4n) is 1.70. The third kappa shape index (κ3) is 3.83. The number of rotatable bonds is 6. The summed E-state index contributed by atoms with van der Waals surface area (Å²) in [5.74, 6) is -1.82. The highest BCUT2D eigenvalue weighted by Crippen LogP contribution is 2.22. The van der Waals surface area contributed by atoms with Crippen LogP contribution in [0.25, 0.3) is 0 Å². The zero-order chi connectivity index (χ0) is 16.5. The molecule has 0 aliphatic heterocycles. The predicted octanol–water partition coefficient (Wildman–Crippen LogP) is 0.720. The van der Waals surface area contributed by atoms with Gasteiger partial charge < -0.3 is 10.4 Å². The molecule has 7 nitrogen and oxygen atoms in total. The Kier molecular flexibility index (Phi) is 4.25. The van der Waals surface area contributed by atoms with E-state index < -0.39 is 27.4 Å². The van der Waals surface area contributed by atoms with Gasteiger partial charge in [-0.05, 0) is 44.9 Å². The van der Waals surface area contributed by atoms with Crippen molar-refractivity contribution in [1.29, 1.82) is 0 Å². The van der Waals surface area contributed by atoms with Crippen LogP contribution in [0.4, 0.5) is 0 Å². The number of carboxylic acids is 1. The maximum Gasteiger partial charge on any atom is 0.328 e. The first-order valence-electron chi connectivity index (χ1n) is 6.80. The Balaban J connectivity index is 2.21. The van der Waals surface area contributed by atoms with Gasteiger partial charge in [0.05, 0.1) is 4.90 Å². The Hall–Kier alpha value is -1.93. The van der Waals surface area contributed by atoms with Crippen LogP contribution in [-0.2, 0) is 14.8 Å². The molecule has 2 rings (SSSR count). The van der Waals surface area contributed by atoms with E-state index in [1.807, 2.05) is 0 Å². The van der Waals surface area contributed by atoms with Crippen LogP contribution in [0.1, 0.15) is 37.0 Å². The highest BCUT2D eigenvalue weighted by molar-refractivity contribution is 7.89. The minimum atomic E-state index is -3.66. The van der Waals surface area contributed by atoms with Crippen molar-refractivity contribution in [3.63, 3.8) is 0 Å². The molecule has 0 unspecified atom stereocenters. The van der Waals surface area contributed by atoms with Gasteiger partial charge in [0.2, 0.25) is 10.0 Å². The van der Waals surface area contributed by atoms with Crippen molar-refractivity contribution in [3.8, 4) is 0 Å². The monoisotopic (exact) mass is 326 g/mol. The van der Waals surface area contributed by atoms with Gasteiger partial charge in [-0.3, -0.25) is 4.79 Å². The normalized spacial score (nSPS) is 15.4. The van der Waals surface area contributed by atoms with Crippen molar-refractivity contribution in [3.05, 3.63) is 29.8 Å². The van der Waals surface area contributed by atoms with Crippen molar-refractivity contribution in [2.45, 2.75) is 43.2 Å². The molecule has 8 heteroatoms. The van der Waals surface area contributed by atoms with E-state index in [9.17, 15) is 18.0 Å². The van der Waals surface area contributed by atoms with Crippen LogP contribution in [0.2, 0.25) is 0 Å². The number of benzene rings is 1. The molecule has 1 aliphatic carbocycles. The van der Waals surface area contributed by atoms with Gasteiger partial charge in [-0.2, -0.15) is 0 Å². The van der Waals surface area contributed by atoms with Crippen LogP contribution in [0.5, 0.6) is 0 Å². The van der Waals surface area contributed by atoms with E-state index >= 15 is 0 Å². The zero-order valence-corrected chi connectivity index (χ0v) is 13.1. The van der Waals surface area contributed by atoms with Crippen LogP contribution in [0.15, 0.2) is 29.2 Å². The summed E-state index contributed by atoms with van der Waals surface area (Å²) in [5.41, 5.74) is -1.36. The van der Waals surface area contributed by atoms with Gasteiger partial charge >= 0.3 is 5.97 Å². The summed E-state index contributed by atoms with van der Waals surface area (Å²) in [5, 5.41) is 11.4. The minimum Gasteiger partial charge on any atom is -0.480 e. The molecule has 1 fully saturated rings. The predicted molar refractivity (Wildman–Crippen MR) is 79.0 cm³/mol. The lowest BCUT2D eigenvalue weighted by Crippen LogP contribution is -2.49. The van der Waals surface area contributed by atoms with Gasteiger partial charge in [-0.15, -0.1) is 0 Å². The summed E-state index contributed by atoms with van der Waals surface area (Å²) in [6.07, 6.45) is 1.62. The van der Waals surface area contributed by atoms with Crippen molar-refractivity contribution < 1.29 is 23.1 Å². The first-order valence-corrected chi connectivity index (χ1v) is 8.28. The fourth-order valence-corrected chi connectivity index (χ4v) is 3.05. The Morgan fingerprint density at radius 3 is 2.45 bits per heavy atom. The van der Waals surface area contributed by atoms with Gasteiger partial charge in [0, 0.05) is 11.6 Å².